The number of likely N-dealkylation sites (N-methyl/N-ethyl adjacent to an activating group) is 1. The van der Waals surface area contributed by atoms with Gasteiger partial charge in [-0.1, -0.05) is 0 Å². The van der Waals surface area contributed by atoms with Crippen LogP contribution in [-0.2, 0) is 4.74 Å². The fourth-order valence-corrected chi connectivity index (χ4v) is 2.77. The molecule has 3 rings (SSSR count). The summed E-state index contributed by atoms with van der Waals surface area (Å²) in [7, 11) is 2.22. The Morgan fingerprint density at radius 2 is 2.21 bits per heavy atom. The third-order valence-electron chi connectivity index (χ3n) is 3.78. The van der Waals surface area contributed by atoms with Crippen molar-refractivity contribution >= 4 is 0 Å². The average molecular weight is 197 g/mol. The number of fused-ring (bicyclic) bond motifs is 1. The molecule has 0 aromatic rings. The Labute approximate surface area is 85.2 Å². The number of hydrogen-bond acceptors (Lipinski definition) is 4. The SMILES string of the molecule is CN1CCN2CC3(COC3)NCC2C1. The minimum Gasteiger partial charge on any atom is -0.377 e. The highest BCUT2D eigenvalue weighted by Crippen LogP contribution is 2.24. The number of piperazine rings is 2. The lowest BCUT2D eigenvalue weighted by atomic mass is 9.91. The zero-order chi connectivity index (χ0) is 9.60. The van der Waals surface area contributed by atoms with Gasteiger partial charge in [-0.15, -0.1) is 0 Å². The fourth-order valence-electron chi connectivity index (χ4n) is 2.77. The van der Waals surface area contributed by atoms with E-state index >= 15 is 0 Å². The normalized spacial score (nSPS) is 37.9. The third-order valence-corrected chi connectivity index (χ3v) is 3.78. The van der Waals surface area contributed by atoms with Crippen LogP contribution in [0.3, 0.4) is 0 Å². The molecule has 3 heterocycles. The summed E-state index contributed by atoms with van der Waals surface area (Å²) < 4.78 is 5.32. The summed E-state index contributed by atoms with van der Waals surface area (Å²) >= 11 is 0. The van der Waals surface area contributed by atoms with Crippen molar-refractivity contribution in [3.05, 3.63) is 0 Å². The van der Waals surface area contributed by atoms with Crippen molar-refractivity contribution in [3.63, 3.8) is 0 Å². The Bertz CT molecular complexity index is 229. The van der Waals surface area contributed by atoms with Crippen LogP contribution in [0.15, 0.2) is 0 Å². The highest BCUT2D eigenvalue weighted by atomic mass is 16.5. The van der Waals surface area contributed by atoms with Gasteiger partial charge in [-0.25, -0.2) is 0 Å². The van der Waals surface area contributed by atoms with Crippen molar-refractivity contribution in [3.8, 4) is 0 Å². The third kappa shape index (κ3) is 1.37. The highest BCUT2D eigenvalue weighted by molar-refractivity contribution is 5.04. The van der Waals surface area contributed by atoms with Gasteiger partial charge in [0.05, 0.1) is 18.8 Å². The van der Waals surface area contributed by atoms with Gasteiger partial charge in [-0.05, 0) is 7.05 Å². The Kier molecular flexibility index (Phi) is 2.06. The largest absolute Gasteiger partial charge is 0.377 e. The molecule has 1 spiro atoms. The summed E-state index contributed by atoms with van der Waals surface area (Å²) in [6.07, 6.45) is 0. The van der Waals surface area contributed by atoms with E-state index < -0.39 is 0 Å². The molecule has 1 N–H and O–H groups in total. The minimum absolute atomic E-state index is 0.312. The van der Waals surface area contributed by atoms with Crippen molar-refractivity contribution in [2.75, 3.05) is 53.0 Å². The smallest absolute Gasteiger partial charge is 0.0782 e. The summed E-state index contributed by atoms with van der Waals surface area (Å²) in [4.78, 5) is 5.07. The fraction of sp³-hybridized carbons (Fsp3) is 1.00. The van der Waals surface area contributed by atoms with E-state index in [1.807, 2.05) is 0 Å². The molecule has 1 atom stereocenters. The molecule has 0 saturated carbocycles. The van der Waals surface area contributed by atoms with E-state index in [1.165, 1.54) is 26.2 Å². The summed E-state index contributed by atoms with van der Waals surface area (Å²) in [6, 6.07) is 0.722. The second kappa shape index (κ2) is 3.17. The molecule has 3 saturated heterocycles. The van der Waals surface area contributed by atoms with E-state index in [2.05, 4.69) is 22.2 Å². The van der Waals surface area contributed by atoms with Crippen LogP contribution in [0.1, 0.15) is 0 Å². The first-order valence-electron chi connectivity index (χ1n) is 5.53. The van der Waals surface area contributed by atoms with Crippen LogP contribution in [0.5, 0.6) is 0 Å². The van der Waals surface area contributed by atoms with Gasteiger partial charge in [-0.2, -0.15) is 0 Å². The van der Waals surface area contributed by atoms with E-state index in [9.17, 15) is 0 Å². The van der Waals surface area contributed by atoms with Crippen molar-refractivity contribution in [1.82, 2.24) is 15.1 Å². The van der Waals surface area contributed by atoms with Gasteiger partial charge in [0.25, 0.3) is 0 Å². The first-order valence-corrected chi connectivity index (χ1v) is 5.53. The summed E-state index contributed by atoms with van der Waals surface area (Å²) in [6.45, 7) is 7.79. The molecule has 3 aliphatic rings. The van der Waals surface area contributed by atoms with Gasteiger partial charge >= 0.3 is 0 Å². The van der Waals surface area contributed by atoms with Gasteiger partial charge in [0.1, 0.15) is 0 Å². The molecule has 0 amide bonds. The molecule has 0 aromatic heterocycles. The lowest BCUT2D eigenvalue weighted by Gasteiger charge is -2.54. The average Bonchev–Trinajstić information content (AvgIpc) is 2.15. The van der Waals surface area contributed by atoms with E-state index in [0.29, 0.717) is 5.54 Å². The van der Waals surface area contributed by atoms with Crippen LogP contribution < -0.4 is 5.32 Å². The summed E-state index contributed by atoms with van der Waals surface area (Å²) in [5.41, 5.74) is 0.312. The zero-order valence-electron chi connectivity index (χ0n) is 8.83. The Morgan fingerprint density at radius 1 is 1.36 bits per heavy atom. The minimum atomic E-state index is 0.312. The van der Waals surface area contributed by atoms with Gasteiger partial charge in [0.2, 0.25) is 0 Å². The van der Waals surface area contributed by atoms with Crippen molar-refractivity contribution in [1.29, 1.82) is 0 Å². The molecule has 1 unspecified atom stereocenters. The van der Waals surface area contributed by atoms with Crippen LogP contribution in [0.2, 0.25) is 0 Å². The number of hydrogen-bond donors (Lipinski definition) is 1. The van der Waals surface area contributed by atoms with Crippen LogP contribution in [0.25, 0.3) is 0 Å². The molecule has 0 aliphatic carbocycles. The predicted octanol–water partition coefficient (Wildman–Crippen LogP) is -1.03. The van der Waals surface area contributed by atoms with Gasteiger partial charge in [0, 0.05) is 38.8 Å². The van der Waals surface area contributed by atoms with Gasteiger partial charge < -0.3 is 15.0 Å². The molecule has 3 fully saturated rings. The maximum atomic E-state index is 5.32. The molecular formula is C10H19N3O. The van der Waals surface area contributed by atoms with Crippen LogP contribution in [0.4, 0.5) is 0 Å². The molecule has 14 heavy (non-hydrogen) atoms. The molecule has 0 aromatic carbocycles. The monoisotopic (exact) mass is 197 g/mol. The Hall–Kier alpha value is -0.160. The lowest BCUT2D eigenvalue weighted by molar-refractivity contribution is -0.118. The molecule has 4 heteroatoms. The van der Waals surface area contributed by atoms with Crippen LogP contribution >= 0.6 is 0 Å². The standard InChI is InChI=1S/C10H19N3O/c1-12-2-3-13-6-10(7-14-8-10)11-4-9(13)5-12/h9,11H,2-8H2,1H3. The zero-order valence-corrected chi connectivity index (χ0v) is 8.83. The topological polar surface area (TPSA) is 27.7 Å². The first-order chi connectivity index (χ1) is 6.77. The Morgan fingerprint density at radius 3 is 2.93 bits per heavy atom. The number of nitrogens with one attached hydrogen (secondary N) is 1. The summed E-state index contributed by atoms with van der Waals surface area (Å²) in [5, 5.41) is 3.66. The van der Waals surface area contributed by atoms with Crippen molar-refractivity contribution in [2.45, 2.75) is 11.6 Å². The number of ether oxygens (including phenoxy) is 1. The quantitative estimate of drug-likeness (QED) is 0.538. The van der Waals surface area contributed by atoms with E-state index in [-0.39, 0.29) is 0 Å². The maximum absolute atomic E-state index is 5.32. The predicted molar refractivity (Wildman–Crippen MR) is 54.4 cm³/mol. The maximum Gasteiger partial charge on any atom is 0.0782 e. The lowest BCUT2D eigenvalue weighted by Crippen LogP contribution is -2.74. The van der Waals surface area contributed by atoms with Crippen molar-refractivity contribution in [2.24, 2.45) is 0 Å². The Balaban J connectivity index is 1.67. The second-order valence-electron chi connectivity index (χ2n) is 5.04. The highest BCUT2D eigenvalue weighted by Gasteiger charge is 2.45. The molecule has 0 bridgehead atoms. The van der Waals surface area contributed by atoms with Crippen molar-refractivity contribution < 1.29 is 4.74 Å². The second-order valence-corrected chi connectivity index (χ2v) is 5.04. The number of nitrogens with zero attached hydrogens (tertiary/aromatic N) is 2. The van der Waals surface area contributed by atoms with Gasteiger partial charge in [-0.3, -0.25) is 4.90 Å². The van der Waals surface area contributed by atoms with Crippen LogP contribution in [-0.4, -0.2) is 74.4 Å². The van der Waals surface area contributed by atoms with Crippen LogP contribution in [0, 0.1) is 0 Å². The summed E-state index contributed by atoms with van der Waals surface area (Å²) in [5.74, 6) is 0. The molecule has 0 radical (unpaired) electrons. The van der Waals surface area contributed by atoms with E-state index in [4.69, 9.17) is 4.74 Å². The molecule has 4 nitrogen and oxygen atoms in total. The molecule has 3 aliphatic heterocycles. The number of rotatable bonds is 0. The molecular weight excluding hydrogens is 178 g/mol. The van der Waals surface area contributed by atoms with E-state index in [1.54, 1.807) is 0 Å². The van der Waals surface area contributed by atoms with Gasteiger partial charge in [0.15, 0.2) is 0 Å². The van der Waals surface area contributed by atoms with E-state index in [0.717, 1.165) is 25.8 Å². The molecule has 80 valence electrons. The first kappa shape index (κ1) is 9.09.